The van der Waals surface area contributed by atoms with E-state index in [0.29, 0.717) is 17.2 Å². The Morgan fingerprint density at radius 2 is 0.411 bits per heavy atom. The van der Waals surface area contributed by atoms with E-state index < -0.39 is 0 Å². The summed E-state index contributed by atoms with van der Waals surface area (Å²) in [7, 11) is 0. The first kappa shape index (κ1) is 54.1. The van der Waals surface area contributed by atoms with Crippen LogP contribution >= 0.6 is 0 Å². The first-order chi connectivity index (χ1) is 44.1. The highest BCUT2D eigenvalue weighted by molar-refractivity contribution is 5.94. The van der Waals surface area contributed by atoms with Crippen LogP contribution < -0.4 is 14.2 Å². The highest BCUT2D eigenvalue weighted by Gasteiger charge is 2.31. The molecule has 12 nitrogen and oxygen atoms in total. The maximum atomic E-state index is 6.64. The summed E-state index contributed by atoms with van der Waals surface area (Å²) in [6.45, 7) is 13.0. The third-order valence-corrected chi connectivity index (χ3v) is 18.2. The zero-order chi connectivity index (χ0) is 60.7. The van der Waals surface area contributed by atoms with Gasteiger partial charge in [0.05, 0.1) is 0 Å². The van der Waals surface area contributed by atoms with Crippen molar-refractivity contribution in [2.45, 2.75) is 59.3 Å². The standard InChI is InChI=1S/C78H63N9O3/c1-43-67(55-19-7-13-25-61(55)79-43)73(68-44(2)80-62-26-14-8-20-56(62)68)49-31-37-52(38-32-49)88-76-85-77(89-53-39-33-50(34-40-53)74(69-45(3)81-63-27-15-9-21-57(63)69)70-46(4)82-64-28-16-10-22-58(64)70)87-78(86-76)90-54-41-35-51(36-42-54)75(71-47(5)83-65-29-17-11-23-59(65)71)72-48(6)84-66-30-18-12-24-60(66)72/h7-42,73-75,79-84H,1-6H3. The van der Waals surface area contributed by atoms with Crippen LogP contribution in [-0.2, 0) is 0 Å². The van der Waals surface area contributed by atoms with Crippen molar-refractivity contribution in [1.29, 1.82) is 0 Å². The van der Waals surface area contributed by atoms with E-state index in [1.165, 1.54) is 65.7 Å². The van der Waals surface area contributed by atoms with Crippen molar-refractivity contribution in [3.63, 3.8) is 0 Å². The fourth-order valence-electron chi connectivity index (χ4n) is 14.4. The van der Waals surface area contributed by atoms with Gasteiger partial charge in [0.1, 0.15) is 17.2 Å². The molecule has 90 heavy (non-hydrogen) atoms. The van der Waals surface area contributed by atoms with Gasteiger partial charge >= 0.3 is 18.0 Å². The van der Waals surface area contributed by atoms with Crippen LogP contribution in [0.3, 0.4) is 0 Å². The van der Waals surface area contributed by atoms with Gasteiger partial charge in [0.25, 0.3) is 0 Å². The smallest absolute Gasteiger partial charge is 0.331 e. The van der Waals surface area contributed by atoms with Gasteiger partial charge in [-0.2, -0.15) is 0 Å². The van der Waals surface area contributed by atoms with Crippen molar-refractivity contribution in [3.8, 4) is 35.3 Å². The van der Waals surface area contributed by atoms with E-state index in [9.17, 15) is 0 Å². The van der Waals surface area contributed by atoms with Crippen LogP contribution in [0, 0.1) is 41.5 Å². The molecule has 0 aliphatic rings. The average Bonchev–Trinajstić information content (AvgIpc) is 1.68. The first-order valence-electron chi connectivity index (χ1n) is 30.6. The van der Waals surface area contributed by atoms with Crippen LogP contribution in [0.15, 0.2) is 218 Å². The lowest BCUT2D eigenvalue weighted by atomic mass is 9.82. The van der Waals surface area contributed by atoms with Gasteiger partial charge in [0, 0.05) is 117 Å². The lowest BCUT2D eigenvalue weighted by Crippen LogP contribution is -2.06. The number of ether oxygens (including phenoxy) is 3. The van der Waals surface area contributed by atoms with Crippen molar-refractivity contribution < 1.29 is 14.2 Å². The monoisotopic (exact) mass is 1170 g/mol. The number of hydrogen-bond donors (Lipinski definition) is 6. The topological polar surface area (TPSA) is 161 Å². The predicted octanol–water partition coefficient (Wildman–Crippen LogP) is 19.5. The highest BCUT2D eigenvalue weighted by atomic mass is 16.5. The number of aryl methyl sites for hydroxylation is 6. The number of nitrogens with zero attached hydrogens (tertiary/aromatic N) is 3. The first-order valence-corrected chi connectivity index (χ1v) is 30.6. The van der Waals surface area contributed by atoms with E-state index in [-0.39, 0.29) is 35.8 Å². The molecule has 0 amide bonds. The summed E-state index contributed by atoms with van der Waals surface area (Å²) < 4.78 is 19.9. The Bertz CT molecular complexity index is 4600. The average molecular weight is 1170 g/mol. The number of hydrogen-bond acceptors (Lipinski definition) is 6. The molecule has 6 N–H and O–H groups in total. The number of fused-ring (bicyclic) bond motifs is 6. The molecule has 0 bridgehead atoms. The van der Waals surface area contributed by atoms with Gasteiger partial charge in [0.2, 0.25) is 0 Å². The highest BCUT2D eigenvalue weighted by Crippen LogP contribution is 2.47. The molecule has 0 aliphatic carbocycles. The Labute approximate surface area is 519 Å². The number of aromatic nitrogens is 9. The van der Waals surface area contributed by atoms with Gasteiger partial charge in [-0.15, -0.1) is 15.0 Å². The van der Waals surface area contributed by atoms with Gasteiger partial charge in [-0.3, -0.25) is 0 Å². The number of benzene rings is 9. The summed E-state index contributed by atoms with van der Waals surface area (Å²) in [5.41, 5.74) is 23.9. The summed E-state index contributed by atoms with van der Waals surface area (Å²) in [5, 5.41) is 7.09. The number of para-hydroxylation sites is 6. The van der Waals surface area contributed by atoms with Gasteiger partial charge in [-0.05, 0) is 164 Å². The molecule has 0 unspecified atom stereocenters. The molecule has 0 saturated heterocycles. The summed E-state index contributed by atoms with van der Waals surface area (Å²) in [6, 6.07) is 75.8. The Hall–Kier alpha value is -11.4. The fraction of sp³-hybridized carbons (Fsp3) is 0.115. The third-order valence-electron chi connectivity index (χ3n) is 18.2. The maximum Gasteiger partial charge on any atom is 0.331 e. The van der Waals surface area contributed by atoms with Crippen molar-refractivity contribution in [2.75, 3.05) is 0 Å². The zero-order valence-electron chi connectivity index (χ0n) is 50.6. The van der Waals surface area contributed by atoms with Gasteiger partial charge in [0.15, 0.2) is 0 Å². The number of nitrogens with one attached hydrogen (secondary N) is 6. The van der Waals surface area contributed by atoms with Gasteiger partial charge in [-0.25, -0.2) is 0 Å². The molecule has 12 heteroatoms. The Morgan fingerprint density at radius 1 is 0.233 bits per heavy atom. The lowest BCUT2D eigenvalue weighted by molar-refractivity contribution is 0.362. The Balaban J connectivity index is 0.768. The second kappa shape index (κ2) is 21.8. The summed E-state index contributed by atoms with van der Waals surface area (Å²) in [4.78, 5) is 36.5. The van der Waals surface area contributed by atoms with E-state index in [4.69, 9.17) is 29.2 Å². The lowest BCUT2D eigenvalue weighted by Gasteiger charge is -2.21. The largest absolute Gasteiger partial charge is 0.424 e. The molecule has 7 aromatic heterocycles. The van der Waals surface area contributed by atoms with E-state index >= 15 is 0 Å². The van der Waals surface area contributed by atoms with E-state index in [1.807, 2.05) is 36.4 Å². The van der Waals surface area contributed by atoms with Crippen LogP contribution in [0.4, 0.5) is 0 Å². The van der Waals surface area contributed by atoms with Crippen molar-refractivity contribution in [2.24, 2.45) is 0 Å². The van der Waals surface area contributed by atoms with E-state index in [0.717, 1.165) is 84.0 Å². The quantitative estimate of drug-likeness (QED) is 0.0599. The SMILES string of the molecule is Cc1[nH]c2ccccc2c1C(c1ccc(Oc2nc(Oc3ccc(C(c4c(C)[nH]c5ccccc45)c4c(C)[nH]c5ccccc45)cc3)nc(Oc3ccc(C(c4c(C)[nH]c5ccccc45)c4c(C)[nH]c5ccccc45)cc3)n2)cc1)c1c(C)[nH]c2ccccc12. The Kier molecular flexibility index (Phi) is 13.1. The van der Waals surface area contributed by atoms with Crippen molar-refractivity contribution in [3.05, 3.63) is 303 Å². The number of H-pyrrole nitrogens is 6. The molecule has 0 radical (unpaired) electrons. The molecule has 16 rings (SSSR count). The van der Waals surface area contributed by atoms with Crippen LogP contribution in [0.1, 0.15) is 102 Å². The van der Waals surface area contributed by atoms with Gasteiger partial charge < -0.3 is 44.1 Å². The minimum Gasteiger partial charge on any atom is -0.424 e. The molecule has 7 heterocycles. The molecule has 0 fully saturated rings. The van der Waals surface area contributed by atoms with Crippen molar-refractivity contribution in [1.82, 2.24) is 44.9 Å². The molecule has 0 aliphatic heterocycles. The molecule has 438 valence electrons. The molecule has 16 aromatic rings. The van der Waals surface area contributed by atoms with Crippen LogP contribution in [0.5, 0.6) is 35.3 Å². The molecular weight excluding hydrogens is 1110 g/mol. The van der Waals surface area contributed by atoms with Crippen LogP contribution in [0.25, 0.3) is 65.4 Å². The minimum absolute atomic E-state index is 0.00172. The van der Waals surface area contributed by atoms with Crippen LogP contribution in [0.2, 0.25) is 0 Å². The van der Waals surface area contributed by atoms with Crippen molar-refractivity contribution >= 4 is 65.4 Å². The fourth-order valence-corrected chi connectivity index (χ4v) is 14.4. The number of aromatic amines is 6. The summed E-state index contributed by atoms with van der Waals surface area (Å²) in [5.74, 6) is 1.25. The molecule has 9 aromatic carbocycles. The van der Waals surface area contributed by atoms with Crippen LogP contribution in [-0.4, -0.2) is 44.9 Å². The third kappa shape index (κ3) is 9.34. The molecule has 0 atom stereocenters. The molecular formula is C78H63N9O3. The summed E-state index contributed by atoms with van der Waals surface area (Å²) in [6.07, 6.45) is 0. The number of rotatable bonds is 15. The maximum absolute atomic E-state index is 6.64. The Morgan fingerprint density at radius 3 is 0.600 bits per heavy atom. The van der Waals surface area contributed by atoms with Gasteiger partial charge in [-0.1, -0.05) is 146 Å². The molecule has 0 saturated carbocycles. The van der Waals surface area contributed by atoms with E-state index in [2.05, 4.69) is 253 Å². The zero-order valence-corrected chi connectivity index (χ0v) is 50.6. The normalized spacial score (nSPS) is 12.0. The minimum atomic E-state index is -0.109. The molecule has 0 spiro atoms. The summed E-state index contributed by atoms with van der Waals surface area (Å²) >= 11 is 0. The predicted molar refractivity (Wildman–Crippen MR) is 360 cm³/mol. The van der Waals surface area contributed by atoms with E-state index in [1.54, 1.807) is 0 Å². The second-order valence-corrected chi connectivity index (χ2v) is 23.8. The second-order valence-electron chi connectivity index (χ2n) is 23.8.